The summed E-state index contributed by atoms with van der Waals surface area (Å²) in [5, 5.41) is 10.9. The summed E-state index contributed by atoms with van der Waals surface area (Å²) in [6.07, 6.45) is 4.89. The number of hydrogen-bond donors (Lipinski definition) is 2. The van der Waals surface area contributed by atoms with Crippen LogP contribution in [0.2, 0.25) is 0 Å². The van der Waals surface area contributed by atoms with Crippen LogP contribution >= 0.6 is 0 Å². The number of aryl methyl sites for hydroxylation is 2. The molecule has 0 amide bonds. The molecule has 1 aliphatic rings. The highest BCUT2D eigenvalue weighted by Crippen LogP contribution is 2.32. The van der Waals surface area contributed by atoms with E-state index in [4.69, 9.17) is 0 Å². The van der Waals surface area contributed by atoms with Crippen LogP contribution in [0, 0.1) is 20.8 Å². The van der Waals surface area contributed by atoms with Gasteiger partial charge in [-0.3, -0.25) is 14.7 Å². The molecule has 0 atom stereocenters. The van der Waals surface area contributed by atoms with Crippen molar-refractivity contribution in [2.24, 2.45) is 0 Å². The highest BCUT2D eigenvalue weighted by Gasteiger charge is 2.35. The molecular formula is C19H25N3O2. The second-order valence-electron chi connectivity index (χ2n) is 6.93. The quantitative estimate of drug-likeness (QED) is 0.906. The molecule has 128 valence electrons. The molecule has 0 spiro atoms. The number of likely N-dealkylation sites (tertiary alicyclic amines) is 1. The topological polar surface area (TPSA) is 69.2 Å². The third kappa shape index (κ3) is 3.28. The summed E-state index contributed by atoms with van der Waals surface area (Å²) in [5.74, 6) is 0. The van der Waals surface area contributed by atoms with Crippen molar-refractivity contribution < 1.29 is 5.11 Å². The van der Waals surface area contributed by atoms with Gasteiger partial charge in [0, 0.05) is 48.8 Å². The van der Waals surface area contributed by atoms with Gasteiger partial charge in [0.15, 0.2) is 5.43 Å². The number of aromatic amines is 1. The fourth-order valence-corrected chi connectivity index (χ4v) is 3.27. The SMILES string of the molecule is Cc1ccc(C2(O)CCN(Cc3[nH]cc(C)c(=O)c3C)CC2)nc1. The van der Waals surface area contributed by atoms with Gasteiger partial charge in [0.05, 0.1) is 5.69 Å². The van der Waals surface area contributed by atoms with Crippen molar-refractivity contribution in [1.29, 1.82) is 0 Å². The van der Waals surface area contributed by atoms with Crippen molar-refractivity contribution in [3.8, 4) is 0 Å². The lowest BCUT2D eigenvalue weighted by atomic mass is 9.87. The molecule has 1 aliphatic heterocycles. The summed E-state index contributed by atoms with van der Waals surface area (Å²) in [7, 11) is 0. The number of nitrogens with one attached hydrogen (secondary N) is 1. The van der Waals surface area contributed by atoms with E-state index in [1.54, 1.807) is 12.4 Å². The van der Waals surface area contributed by atoms with Crippen molar-refractivity contribution in [2.45, 2.75) is 45.8 Å². The van der Waals surface area contributed by atoms with Crippen molar-refractivity contribution in [1.82, 2.24) is 14.9 Å². The van der Waals surface area contributed by atoms with E-state index in [1.807, 2.05) is 32.9 Å². The lowest BCUT2D eigenvalue weighted by Crippen LogP contribution is -2.43. The molecule has 0 radical (unpaired) electrons. The van der Waals surface area contributed by atoms with Crippen molar-refractivity contribution in [3.05, 3.63) is 62.8 Å². The van der Waals surface area contributed by atoms with Crippen LogP contribution in [-0.2, 0) is 12.1 Å². The monoisotopic (exact) mass is 327 g/mol. The largest absolute Gasteiger partial charge is 0.383 e. The Morgan fingerprint density at radius 3 is 2.58 bits per heavy atom. The van der Waals surface area contributed by atoms with Gasteiger partial charge >= 0.3 is 0 Å². The van der Waals surface area contributed by atoms with E-state index in [9.17, 15) is 9.90 Å². The Hall–Kier alpha value is -1.98. The predicted octanol–water partition coefficient (Wildman–Crippen LogP) is 2.18. The lowest BCUT2D eigenvalue weighted by molar-refractivity contribution is -0.0313. The summed E-state index contributed by atoms with van der Waals surface area (Å²) in [6.45, 7) is 7.96. The van der Waals surface area contributed by atoms with Gasteiger partial charge in [-0.1, -0.05) is 6.07 Å². The lowest BCUT2D eigenvalue weighted by Gasteiger charge is -2.37. The molecule has 2 aromatic heterocycles. The number of H-pyrrole nitrogens is 1. The van der Waals surface area contributed by atoms with Crippen LogP contribution in [-0.4, -0.2) is 33.1 Å². The van der Waals surface area contributed by atoms with Crippen LogP contribution in [0.5, 0.6) is 0 Å². The van der Waals surface area contributed by atoms with Gasteiger partial charge in [-0.2, -0.15) is 0 Å². The van der Waals surface area contributed by atoms with E-state index in [0.29, 0.717) is 19.4 Å². The average Bonchev–Trinajstić information content (AvgIpc) is 2.58. The Morgan fingerprint density at radius 2 is 1.96 bits per heavy atom. The number of nitrogens with zero attached hydrogens (tertiary/aromatic N) is 2. The van der Waals surface area contributed by atoms with Gasteiger partial charge in [0.1, 0.15) is 5.60 Å². The number of pyridine rings is 2. The van der Waals surface area contributed by atoms with Crippen molar-refractivity contribution >= 4 is 0 Å². The highest BCUT2D eigenvalue weighted by atomic mass is 16.3. The minimum Gasteiger partial charge on any atom is -0.383 e. The smallest absolute Gasteiger partial charge is 0.187 e. The molecule has 5 heteroatoms. The Kier molecular flexibility index (Phi) is 4.56. The second-order valence-corrected chi connectivity index (χ2v) is 6.93. The number of hydrogen-bond acceptors (Lipinski definition) is 4. The zero-order valence-corrected chi connectivity index (χ0v) is 14.6. The summed E-state index contributed by atoms with van der Waals surface area (Å²) in [5.41, 5.74) is 3.61. The zero-order valence-electron chi connectivity index (χ0n) is 14.6. The molecule has 1 saturated heterocycles. The summed E-state index contributed by atoms with van der Waals surface area (Å²) in [4.78, 5) is 22.0. The van der Waals surface area contributed by atoms with E-state index >= 15 is 0 Å². The van der Waals surface area contributed by atoms with Crippen molar-refractivity contribution in [2.75, 3.05) is 13.1 Å². The van der Waals surface area contributed by atoms with Gasteiger partial charge in [-0.15, -0.1) is 0 Å². The molecule has 5 nitrogen and oxygen atoms in total. The second kappa shape index (κ2) is 6.49. The molecule has 0 bridgehead atoms. The molecule has 3 heterocycles. The zero-order chi connectivity index (χ0) is 17.3. The molecule has 0 unspecified atom stereocenters. The maximum Gasteiger partial charge on any atom is 0.187 e. The molecule has 2 N–H and O–H groups in total. The molecule has 3 rings (SSSR count). The minimum absolute atomic E-state index is 0.112. The number of piperidine rings is 1. The van der Waals surface area contributed by atoms with E-state index < -0.39 is 5.60 Å². The molecule has 24 heavy (non-hydrogen) atoms. The fourth-order valence-electron chi connectivity index (χ4n) is 3.27. The predicted molar refractivity (Wildman–Crippen MR) is 93.9 cm³/mol. The van der Waals surface area contributed by atoms with Gasteiger partial charge in [0.2, 0.25) is 0 Å². The first-order valence-corrected chi connectivity index (χ1v) is 8.45. The first kappa shape index (κ1) is 16.9. The first-order valence-electron chi connectivity index (χ1n) is 8.45. The Balaban J connectivity index is 1.68. The summed E-state index contributed by atoms with van der Waals surface area (Å²) in [6, 6.07) is 3.92. The van der Waals surface area contributed by atoms with Crippen LogP contribution in [0.15, 0.2) is 29.3 Å². The molecule has 1 fully saturated rings. The van der Waals surface area contributed by atoms with Crippen LogP contribution in [0.1, 0.15) is 40.9 Å². The number of aliphatic hydroxyl groups is 1. The van der Waals surface area contributed by atoms with Gasteiger partial charge in [0.25, 0.3) is 0 Å². The first-order chi connectivity index (χ1) is 11.4. The molecular weight excluding hydrogens is 302 g/mol. The van der Waals surface area contributed by atoms with Gasteiger partial charge in [-0.05, 0) is 45.2 Å². The van der Waals surface area contributed by atoms with E-state index in [-0.39, 0.29) is 5.43 Å². The maximum absolute atomic E-state index is 12.1. The van der Waals surface area contributed by atoms with Gasteiger partial charge in [-0.25, -0.2) is 0 Å². The minimum atomic E-state index is -0.847. The standard InChI is InChI=1S/C19H25N3O2/c1-13-4-5-17(21-10-13)19(24)6-8-22(9-7-19)12-16-15(3)18(23)14(2)11-20-16/h4-5,10-11,24H,6-9,12H2,1-3H3,(H,20,23). The van der Waals surface area contributed by atoms with Crippen LogP contribution < -0.4 is 5.43 Å². The number of rotatable bonds is 3. The third-order valence-corrected chi connectivity index (χ3v) is 5.07. The van der Waals surface area contributed by atoms with Gasteiger partial charge < -0.3 is 10.1 Å². The van der Waals surface area contributed by atoms with E-state index in [2.05, 4.69) is 14.9 Å². The van der Waals surface area contributed by atoms with Crippen LogP contribution in [0.25, 0.3) is 0 Å². The number of aromatic nitrogens is 2. The normalized spacial score (nSPS) is 17.8. The van der Waals surface area contributed by atoms with Crippen LogP contribution in [0.3, 0.4) is 0 Å². The van der Waals surface area contributed by atoms with E-state index in [1.165, 1.54) is 0 Å². The Labute approximate surface area is 142 Å². The Morgan fingerprint density at radius 1 is 1.25 bits per heavy atom. The molecule has 0 aliphatic carbocycles. The molecule has 2 aromatic rings. The average molecular weight is 327 g/mol. The molecule has 0 saturated carbocycles. The maximum atomic E-state index is 12.1. The third-order valence-electron chi connectivity index (χ3n) is 5.07. The highest BCUT2D eigenvalue weighted by molar-refractivity contribution is 5.24. The summed E-state index contributed by atoms with van der Waals surface area (Å²) < 4.78 is 0. The fraction of sp³-hybridized carbons (Fsp3) is 0.474. The van der Waals surface area contributed by atoms with Crippen molar-refractivity contribution in [3.63, 3.8) is 0 Å². The van der Waals surface area contributed by atoms with E-state index in [0.717, 1.165) is 41.2 Å². The summed E-state index contributed by atoms with van der Waals surface area (Å²) >= 11 is 0. The Bertz CT molecular complexity index is 772. The molecule has 0 aromatic carbocycles. The van der Waals surface area contributed by atoms with Crippen LogP contribution in [0.4, 0.5) is 0 Å².